The largest absolute Gasteiger partial charge is 0.508 e. The molecule has 4 aromatic rings. The van der Waals surface area contributed by atoms with Gasteiger partial charge in [-0.2, -0.15) is 0 Å². The number of pyridine rings is 1. The number of phenols is 1. The predicted molar refractivity (Wildman–Crippen MR) is 135 cm³/mol. The number of hydrogen-bond donors (Lipinski definition) is 2. The Bertz CT molecular complexity index is 1530. The Balaban J connectivity index is 1.28. The second kappa shape index (κ2) is 9.28. The quantitative estimate of drug-likeness (QED) is 0.275. The maximum Gasteiger partial charge on any atom is 0.335 e. The fourth-order valence-corrected chi connectivity index (χ4v) is 5.05. The highest BCUT2D eigenvalue weighted by atomic mass is 35.5. The van der Waals surface area contributed by atoms with Crippen molar-refractivity contribution in [2.24, 2.45) is 0 Å². The Kier molecular flexibility index (Phi) is 5.93. The molecule has 6 rings (SSSR count). The number of fused-ring (bicyclic) bond motifs is 2. The average Bonchev–Trinajstić information content (AvgIpc) is 3.65. The molecule has 3 heterocycles. The number of rotatable bonds is 6. The van der Waals surface area contributed by atoms with E-state index in [1.807, 2.05) is 0 Å². The number of benzene rings is 2. The first-order chi connectivity index (χ1) is 17.9. The highest BCUT2D eigenvalue weighted by Gasteiger charge is 2.34. The molecule has 2 aromatic heterocycles. The Morgan fingerprint density at radius 3 is 2.59 bits per heavy atom. The van der Waals surface area contributed by atoms with Gasteiger partial charge < -0.3 is 24.2 Å². The van der Waals surface area contributed by atoms with Crippen LogP contribution in [0.3, 0.4) is 0 Å². The van der Waals surface area contributed by atoms with E-state index >= 15 is 0 Å². The van der Waals surface area contributed by atoms with Crippen LogP contribution < -0.4 is 9.47 Å². The average molecular weight is 539 g/mol. The molecule has 1 aliphatic carbocycles. The molecule has 10 heteroatoms. The lowest BCUT2D eigenvalue weighted by Gasteiger charge is -2.12. The molecule has 1 fully saturated rings. The van der Waals surface area contributed by atoms with Crippen molar-refractivity contribution in [3.63, 3.8) is 0 Å². The highest BCUT2D eigenvalue weighted by molar-refractivity contribution is 6.39. The Morgan fingerprint density at radius 2 is 1.86 bits per heavy atom. The molecule has 2 N–H and O–H groups in total. The minimum Gasteiger partial charge on any atom is -0.508 e. The fraction of sp³-hybridized carbons (Fsp3) is 0.222. The monoisotopic (exact) mass is 538 g/mol. The second-order valence-electron chi connectivity index (χ2n) is 9.01. The first kappa shape index (κ1) is 23.6. The van der Waals surface area contributed by atoms with Crippen LogP contribution in [0.4, 0.5) is 0 Å². The second-order valence-corrected chi connectivity index (χ2v) is 9.82. The van der Waals surface area contributed by atoms with Crippen molar-refractivity contribution in [1.82, 2.24) is 10.1 Å². The number of carbonyl (C=O) groups is 1. The number of aromatic hydroxyl groups is 1. The van der Waals surface area contributed by atoms with Crippen molar-refractivity contribution in [1.29, 1.82) is 0 Å². The first-order valence-electron chi connectivity index (χ1n) is 11.7. The molecule has 0 atom stereocenters. The molecular formula is C27H20Cl2N2O6. The molecule has 0 unspecified atom stereocenters. The number of phenolic OH excluding ortho intramolecular Hbond substituents is 1. The Morgan fingerprint density at radius 1 is 1.08 bits per heavy atom. The van der Waals surface area contributed by atoms with Crippen molar-refractivity contribution in [3.05, 3.63) is 80.7 Å². The van der Waals surface area contributed by atoms with E-state index in [9.17, 15) is 15.0 Å². The van der Waals surface area contributed by atoms with Crippen LogP contribution >= 0.6 is 23.2 Å². The summed E-state index contributed by atoms with van der Waals surface area (Å²) in [5.41, 5.74) is 3.04. The van der Waals surface area contributed by atoms with Crippen LogP contribution in [0.2, 0.25) is 10.0 Å². The Hall–Kier alpha value is -3.75. The van der Waals surface area contributed by atoms with Crippen molar-refractivity contribution < 1.29 is 29.0 Å². The lowest BCUT2D eigenvalue weighted by atomic mass is 10.0. The number of aromatic carboxylic acids is 1. The normalized spacial score (nSPS) is 14.3. The van der Waals surface area contributed by atoms with E-state index in [0.717, 1.165) is 24.2 Å². The number of hydrogen-bond acceptors (Lipinski definition) is 7. The minimum absolute atomic E-state index is 0.0535. The molecule has 188 valence electrons. The standard InChI is InChI=1S/C27H20Cl2N2O6/c28-17-2-1-3-18(29)24(17)25-16(26(37-31-25)13-4-5-13)12-35-23-9-8-21-19(30-23)7-6-15-20(32)10-14(27(33)34)11-22(15)36-21/h1-3,8-11,13,32H,4-7,12H2,(H,33,34). The van der Waals surface area contributed by atoms with Gasteiger partial charge in [-0.25, -0.2) is 9.78 Å². The van der Waals surface area contributed by atoms with Gasteiger partial charge >= 0.3 is 5.97 Å². The summed E-state index contributed by atoms with van der Waals surface area (Å²) in [6, 6.07) is 11.3. The van der Waals surface area contributed by atoms with Crippen LogP contribution in [0.1, 0.15) is 51.7 Å². The summed E-state index contributed by atoms with van der Waals surface area (Å²) in [6.07, 6.45) is 2.93. The summed E-state index contributed by atoms with van der Waals surface area (Å²) in [7, 11) is 0. The number of halogens is 2. The molecule has 1 saturated carbocycles. The van der Waals surface area contributed by atoms with Gasteiger partial charge in [0.05, 0.1) is 26.9 Å². The van der Waals surface area contributed by atoms with Gasteiger partial charge in [0.2, 0.25) is 5.88 Å². The molecule has 8 nitrogen and oxygen atoms in total. The molecule has 0 radical (unpaired) electrons. The predicted octanol–water partition coefficient (Wildman–Crippen LogP) is 6.79. The molecule has 37 heavy (non-hydrogen) atoms. The number of carboxylic acid groups (broad SMARTS) is 1. The maximum absolute atomic E-state index is 11.4. The van der Waals surface area contributed by atoms with Gasteiger partial charge in [0.25, 0.3) is 0 Å². The van der Waals surface area contributed by atoms with Crippen LogP contribution in [0, 0.1) is 0 Å². The number of aryl methyl sites for hydroxylation is 1. The SMILES string of the molecule is O=C(O)c1cc(O)c2c(c1)Oc1ccc(OCc3c(-c4c(Cl)cccc4Cl)noc3C3CC3)nc1CC2. The third-order valence-corrected chi connectivity index (χ3v) is 7.13. The summed E-state index contributed by atoms with van der Waals surface area (Å²) < 4.78 is 17.7. The highest BCUT2D eigenvalue weighted by Crippen LogP contribution is 2.46. The van der Waals surface area contributed by atoms with Crippen LogP contribution in [0.15, 0.2) is 47.0 Å². The summed E-state index contributed by atoms with van der Waals surface area (Å²) in [5, 5.41) is 24.9. The van der Waals surface area contributed by atoms with Gasteiger partial charge in [-0.3, -0.25) is 0 Å². The van der Waals surface area contributed by atoms with Crippen LogP contribution in [0.5, 0.6) is 23.1 Å². The van der Waals surface area contributed by atoms with Crippen LogP contribution in [0.25, 0.3) is 11.3 Å². The van der Waals surface area contributed by atoms with Crippen molar-refractivity contribution in [2.75, 3.05) is 0 Å². The van der Waals surface area contributed by atoms with E-state index in [1.165, 1.54) is 12.1 Å². The fourth-order valence-electron chi connectivity index (χ4n) is 4.47. The lowest BCUT2D eigenvalue weighted by molar-refractivity contribution is 0.0696. The molecule has 0 bridgehead atoms. The van der Waals surface area contributed by atoms with E-state index in [1.54, 1.807) is 30.3 Å². The zero-order valence-corrected chi connectivity index (χ0v) is 20.8. The number of nitrogens with zero attached hydrogens (tertiary/aromatic N) is 2. The summed E-state index contributed by atoms with van der Waals surface area (Å²) in [5.74, 6) is 0.935. The molecule has 1 aliphatic heterocycles. The molecule has 2 aromatic carbocycles. The maximum atomic E-state index is 11.4. The third kappa shape index (κ3) is 4.47. The lowest BCUT2D eigenvalue weighted by Crippen LogP contribution is -2.03. The summed E-state index contributed by atoms with van der Waals surface area (Å²) in [6.45, 7) is 0.155. The number of ether oxygens (including phenoxy) is 2. The zero-order chi connectivity index (χ0) is 25.7. The van der Waals surface area contributed by atoms with Gasteiger partial charge in [-0.1, -0.05) is 34.4 Å². The van der Waals surface area contributed by atoms with Crippen LogP contribution in [-0.2, 0) is 19.4 Å². The summed E-state index contributed by atoms with van der Waals surface area (Å²) in [4.78, 5) is 16.0. The van der Waals surface area contributed by atoms with E-state index < -0.39 is 5.97 Å². The number of carboxylic acids is 1. The van der Waals surface area contributed by atoms with Gasteiger partial charge in [-0.15, -0.1) is 0 Å². The van der Waals surface area contributed by atoms with Crippen molar-refractivity contribution in [3.8, 4) is 34.4 Å². The smallest absolute Gasteiger partial charge is 0.335 e. The van der Waals surface area contributed by atoms with E-state index in [4.69, 9.17) is 37.2 Å². The molecule has 0 spiro atoms. The van der Waals surface area contributed by atoms with Gasteiger partial charge in [-0.05, 0) is 56.0 Å². The first-order valence-corrected chi connectivity index (χ1v) is 12.5. The van der Waals surface area contributed by atoms with Gasteiger partial charge in [0.1, 0.15) is 35.3 Å². The van der Waals surface area contributed by atoms with E-state index in [0.29, 0.717) is 62.8 Å². The summed E-state index contributed by atoms with van der Waals surface area (Å²) >= 11 is 12.9. The van der Waals surface area contributed by atoms with Crippen molar-refractivity contribution in [2.45, 2.75) is 38.2 Å². The third-order valence-electron chi connectivity index (χ3n) is 6.50. The minimum atomic E-state index is -1.15. The Labute approximate surface area is 221 Å². The van der Waals surface area contributed by atoms with E-state index in [-0.39, 0.29) is 23.8 Å². The number of aromatic nitrogens is 2. The topological polar surface area (TPSA) is 115 Å². The van der Waals surface area contributed by atoms with Gasteiger partial charge in [0, 0.05) is 23.1 Å². The molecule has 0 amide bonds. The zero-order valence-electron chi connectivity index (χ0n) is 19.3. The molecular weight excluding hydrogens is 519 g/mol. The van der Waals surface area contributed by atoms with Gasteiger partial charge in [0.15, 0.2) is 0 Å². The molecule has 2 aliphatic rings. The van der Waals surface area contributed by atoms with Crippen LogP contribution in [-0.4, -0.2) is 26.3 Å². The molecule has 0 saturated heterocycles. The van der Waals surface area contributed by atoms with E-state index in [2.05, 4.69) is 10.1 Å². The van der Waals surface area contributed by atoms with Crippen molar-refractivity contribution >= 4 is 29.2 Å².